The lowest BCUT2D eigenvalue weighted by molar-refractivity contribution is -0.130. The van der Waals surface area contributed by atoms with Gasteiger partial charge in [0.15, 0.2) is 0 Å². The first-order valence-electron chi connectivity index (χ1n) is 10.4. The Morgan fingerprint density at radius 1 is 0.966 bits per heavy atom. The Morgan fingerprint density at radius 2 is 1.62 bits per heavy atom. The minimum atomic E-state index is -0.548. The first kappa shape index (κ1) is 21.1. The Balaban J connectivity index is 1.64. The van der Waals surface area contributed by atoms with Gasteiger partial charge >= 0.3 is 0 Å². The SMILES string of the molecule is CC(C)C[C@@H](NC(=O)[C@H]1Cc2ccccc2CN1)C(=O)N[C@@H](C)c1ccccc1. The Morgan fingerprint density at radius 3 is 2.31 bits per heavy atom. The summed E-state index contributed by atoms with van der Waals surface area (Å²) in [6.07, 6.45) is 1.24. The van der Waals surface area contributed by atoms with Crippen LogP contribution in [0, 0.1) is 5.92 Å². The topological polar surface area (TPSA) is 70.2 Å². The zero-order chi connectivity index (χ0) is 20.8. The first-order valence-corrected chi connectivity index (χ1v) is 10.4. The summed E-state index contributed by atoms with van der Waals surface area (Å²) in [5.74, 6) is 0.0328. The molecule has 2 aromatic rings. The number of hydrogen-bond acceptors (Lipinski definition) is 3. The van der Waals surface area contributed by atoms with Crippen LogP contribution in [0.1, 0.15) is 49.9 Å². The smallest absolute Gasteiger partial charge is 0.243 e. The Hall–Kier alpha value is -2.66. The van der Waals surface area contributed by atoms with Crippen molar-refractivity contribution in [3.05, 3.63) is 71.3 Å². The molecule has 0 bridgehead atoms. The molecule has 5 nitrogen and oxygen atoms in total. The number of benzene rings is 2. The third-order valence-electron chi connectivity index (χ3n) is 5.40. The summed E-state index contributed by atoms with van der Waals surface area (Å²) in [7, 11) is 0. The minimum absolute atomic E-state index is 0.116. The Bertz CT molecular complexity index is 835. The Kier molecular flexibility index (Phi) is 7.04. The summed E-state index contributed by atoms with van der Waals surface area (Å²) < 4.78 is 0. The van der Waals surface area contributed by atoms with Crippen molar-refractivity contribution in [1.29, 1.82) is 0 Å². The van der Waals surface area contributed by atoms with E-state index in [1.54, 1.807) is 0 Å². The van der Waals surface area contributed by atoms with Crippen molar-refractivity contribution in [1.82, 2.24) is 16.0 Å². The summed E-state index contributed by atoms with van der Waals surface area (Å²) in [5.41, 5.74) is 3.46. The van der Waals surface area contributed by atoms with Gasteiger partial charge in [-0.15, -0.1) is 0 Å². The van der Waals surface area contributed by atoms with Crippen LogP contribution >= 0.6 is 0 Å². The van der Waals surface area contributed by atoms with E-state index in [9.17, 15) is 9.59 Å². The summed E-state index contributed by atoms with van der Waals surface area (Å²) in [6.45, 7) is 6.74. The normalized spacial score (nSPS) is 17.9. The van der Waals surface area contributed by atoms with Gasteiger partial charge < -0.3 is 16.0 Å². The lowest BCUT2D eigenvalue weighted by Gasteiger charge is -2.28. The summed E-state index contributed by atoms with van der Waals surface area (Å²) in [4.78, 5) is 25.8. The predicted octanol–water partition coefficient (Wildman–Crippen LogP) is 3.11. The fourth-order valence-corrected chi connectivity index (χ4v) is 3.75. The monoisotopic (exact) mass is 393 g/mol. The molecule has 2 amide bonds. The van der Waals surface area contributed by atoms with Crippen molar-refractivity contribution in [2.45, 2.75) is 58.3 Å². The average molecular weight is 394 g/mol. The quantitative estimate of drug-likeness (QED) is 0.677. The van der Waals surface area contributed by atoms with E-state index >= 15 is 0 Å². The molecule has 154 valence electrons. The largest absolute Gasteiger partial charge is 0.348 e. The van der Waals surface area contributed by atoms with Gasteiger partial charge in [-0.2, -0.15) is 0 Å². The van der Waals surface area contributed by atoms with Crippen LogP contribution in [0.4, 0.5) is 0 Å². The third kappa shape index (κ3) is 5.67. The molecule has 3 rings (SSSR count). The van der Waals surface area contributed by atoms with E-state index in [4.69, 9.17) is 0 Å². The van der Waals surface area contributed by atoms with Crippen molar-refractivity contribution in [2.24, 2.45) is 5.92 Å². The highest BCUT2D eigenvalue weighted by Crippen LogP contribution is 2.17. The summed E-state index contributed by atoms with van der Waals surface area (Å²) >= 11 is 0. The molecule has 1 aliphatic rings. The number of amides is 2. The molecule has 3 N–H and O–H groups in total. The number of rotatable bonds is 7. The summed E-state index contributed by atoms with van der Waals surface area (Å²) in [5, 5.41) is 9.34. The molecule has 0 fully saturated rings. The fourth-order valence-electron chi connectivity index (χ4n) is 3.75. The lowest BCUT2D eigenvalue weighted by atomic mass is 9.95. The standard InChI is InChI=1S/C24H31N3O2/c1-16(2)13-22(24(29)26-17(3)18-9-5-4-6-10-18)27-23(28)21-14-19-11-7-8-12-20(19)15-25-21/h4-12,16-17,21-22,25H,13-15H2,1-3H3,(H,26,29)(H,27,28)/t17-,21+,22+/m0/s1. The van der Waals surface area contributed by atoms with Crippen molar-refractivity contribution in [3.63, 3.8) is 0 Å². The average Bonchev–Trinajstić information content (AvgIpc) is 2.73. The molecule has 1 aliphatic heterocycles. The number of nitrogens with one attached hydrogen (secondary N) is 3. The van der Waals surface area contributed by atoms with Crippen molar-refractivity contribution in [3.8, 4) is 0 Å². The maximum atomic E-state index is 12.9. The molecule has 0 unspecified atom stereocenters. The molecule has 0 aromatic heterocycles. The molecule has 1 heterocycles. The van der Waals surface area contributed by atoms with Crippen molar-refractivity contribution >= 4 is 11.8 Å². The Labute approximate surface area is 173 Å². The second kappa shape index (κ2) is 9.70. The van der Waals surface area contributed by atoms with E-state index in [0.29, 0.717) is 19.4 Å². The van der Waals surface area contributed by atoms with Crippen LogP contribution in [-0.2, 0) is 22.6 Å². The highest BCUT2D eigenvalue weighted by atomic mass is 16.2. The van der Waals surface area contributed by atoms with E-state index in [2.05, 4.69) is 41.9 Å². The molecule has 0 saturated heterocycles. The van der Waals surface area contributed by atoms with Crippen LogP contribution in [-0.4, -0.2) is 23.9 Å². The van der Waals surface area contributed by atoms with Gasteiger partial charge in [0, 0.05) is 6.54 Å². The number of hydrogen-bond donors (Lipinski definition) is 3. The number of carbonyl (C=O) groups is 2. The third-order valence-corrected chi connectivity index (χ3v) is 5.40. The molecule has 3 atom stereocenters. The van der Waals surface area contributed by atoms with Crippen LogP contribution in [0.25, 0.3) is 0 Å². The molecule has 0 saturated carbocycles. The molecule has 29 heavy (non-hydrogen) atoms. The van der Waals surface area contributed by atoms with Gasteiger partial charge in [-0.25, -0.2) is 0 Å². The molecular formula is C24H31N3O2. The van der Waals surface area contributed by atoms with Gasteiger partial charge in [-0.3, -0.25) is 9.59 Å². The zero-order valence-corrected chi connectivity index (χ0v) is 17.4. The second-order valence-corrected chi connectivity index (χ2v) is 8.24. The first-order chi connectivity index (χ1) is 13.9. The van der Waals surface area contributed by atoms with E-state index in [0.717, 1.165) is 5.56 Å². The van der Waals surface area contributed by atoms with Gasteiger partial charge in [0.25, 0.3) is 0 Å². The van der Waals surface area contributed by atoms with Gasteiger partial charge in [-0.05, 0) is 42.4 Å². The van der Waals surface area contributed by atoms with E-state index in [1.165, 1.54) is 11.1 Å². The van der Waals surface area contributed by atoms with Crippen LogP contribution in [0.3, 0.4) is 0 Å². The zero-order valence-electron chi connectivity index (χ0n) is 17.4. The highest BCUT2D eigenvalue weighted by Gasteiger charge is 2.29. The van der Waals surface area contributed by atoms with Crippen LogP contribution < -0.4 is 16.0 Å². The fraction of sp³-hybridized carbons (Fsp3) is 0.417. The molecule has 5 heteroatoms. The molecule has 0 aliphatic carbocycles. The molecule has 0 radical (unpaired) electrons. The predicted molar refractivity (Wildman–Crippen MR) is 115 cm³/mol. The van der Waals surface area contributed by atoms with Crippen LogP contribution in [0.15, 0.2) is 54.6 Å². The van der Waals surface area contributed by atoms with E-state index < -0.39 is 6.04 Å². The maximum Gasteiger partial charge on any atom is 0.243 e. The molecule has 2 aromatic carbocycles. The van der Waals surface area contributed by atoms with Crippen LogP contribution in [0.2, 0.25) is 0 Å². The molecular weight excluding hydrogens is 362 g/mol. The van der Waals surface area contributed by atoms with Crippen molar-refractivity contribution < 1.29 is 9.59 Å². The van der Waals surface area contributed by atoms with E-state index in [-0.39, 0.29) is 29.8 Å². The molecule has 0 spiro atoms. The highest BCUT2D eigenvalue weighted by molar-refractivity contribution is 5.90. The maximum absolute atomic E-state index is 12.9. The number of fused-ring (bicyclic) bond motifs is 1. The van der Waals surface area contributed by atoms with Gasteiger partial charge in [-0.1, -0.05) is 68.4 Å². The number of carbonyl (C=O) groups excluding carboxylic acids is 2. The second-order valence-electron chi connectivity index (χ2n) is 8.24. The summed E-state index contributed by atoms with van der Waals surface area (Å²) in [6, 6.07) is 17.0. The minimum Gasteiger partial charge on any atom is -0.348 e. The lowest BCUT2D eigenvalue weighted by Crippen LogP contribution is -2.54. The van der Waals surface area contributed by atoms with Crippen LogP contribution in [0.5, 0.6) is 0 Å². The van der Waals surface area contributed by atoms with Gasteiger partial charge in [0.05, 0.1) is 12.1 Å². The van der Waals surface area contributed by atoms with Crippen molar-refractivity contribution in [2.75, 3.05) is 0 Å². The van der Waals surface area contributed by atoms with Gasteiger partial charge in [0.2, 0.25) is 11.8 Å². The van der Waals surface area contributed by atoms with Gasteiger partial charge in [0.1, 0.15) is 6.04 Å². The van der Waals surface area contributed by atoms with E-state index in [1.807, 2.05) is 49.4 Å².